The molecule has 1 aliphatic rings. The second kappa shape index (κ2) is 2.19. The topological polar surface area (TPSA) is 12.9 Å². The molecule has 0 saturated heterocycles. The fraction of sp³-hybridized carbons (Fsp3) is 0.300. The summed E-state index contributed by atoms with van der Waals surface area (Å²) in [5.41, 5.74) is 5.28. The average Bonchev–Trinajstić information content (AvgIpc) is 2.27. The maximum atomic E-state index is 4.24. The van der Waals surface area contributed by atoms with E-state index in [1.807, 2.05) is 13.1 Å². The zero-order chi connectivity index (χ0) is 7.84. The van der Waals surface area contributed by atoms with Crippen molar-refractivity contribution in [3.05, 3.63) is 34.7 Å². The zero-order valence-electron chi connectivity index (χ0n) is 6.89. The number of aromatic nitrogens is 1. The van der Waals surface area contributed by atoms with E-state index in [-0.39, 0.29) is 0 Å². The predicted octanol–water partition coefficient (Wildman–Crippen LogP) is 2.35. The number of pyridine rings is 1. The Hall–Kier alpha value is -1.11. The van der Waals surface area contributed by atoms with Crippen molar-refractivity contribution in [2.24, 2.45) is 0 Å². The van der Waals surface area contributed by atoms with Gasteiger partial charge < -0.3 is 0 Å². The minimum atomic E-state index is 1.11. The molecule has 0 fully saturated rings. The minimum absolute atomic E-state index is 1.11. The van der Waals surface area contributed by atoms with E-state index < -0.39 is 0 Å². The first-order valence-electron chi connectivity index (χ1n) is 3.88. The summed E-state index contributed by atoms with van der Waals surface area (Å²) in [7, 11) is 0. The van der Waals surface area contributed by atoms with Gasteiger partial charge in [0.15, 0.2) is 0 Å². The highest BCUT2D eigenvalue weighted by atomic mass is 14.7. The Morgan fingerprint density at radius 3 is 3.00 bits per heavy atom. The lowest BCUT2D eigenvalue weighted by atomic mass is 10.1. The minimum Gasteiger partial charge on any atom is -0.261 e. The summed E-state index contributed by atoms with van der Waals surface area (Å²) in [6.45, 7) is 4.20. The second-order valence-electron chi connectivity index (χ2n) is 3.19. The van der Waals surface area contributed by atoms with Crippen molar-refractivity contribution in [1.82, 2.24) is 4.98 Å². The molecule has 1 aliphatic carbocycles. The number of allylic oxidation sites excluding steroid dienone is 1. The van der Waals surface area contributed by atoms with Gasteiger partial charge in [0.05, 0.1) is 0 Å². The van der Waals surface area contributed by atoms with Gasteiger partial charge in [-0.05, 0) is 37.5 Å². The molecule has 1 heteroatoms. The second-order valence-corrected chi connectivity index (χ2v) is 3.19. The van der Waals surface area contributed by atoms with Crippen molar-refractivity contribution in [1.29, 1.82) is 0 Å². The highest BCUT2D eigenvalue weighted by Crippen LogP contribution is 2.23. The quantitative estimate of drug-likeness (QED) is 0.546. The fourth-order valence-corrected chi connectivity index (χ4v) is 1.53. The van der Waals surface area contributed by atoms with Crippen LogP contribution < -0.4 is 0 Å². The van der Waals surface area contributed by atoms with Gasteiger partial charge in [-0.1, -0.05) is 11.6 Å². The van der Waals surface area contributed by atoms with Crippen LogP contribution in [0.3, 0.4) is 0 Å². The van der Waals surface area contributed by atoms with E-state index in [0.29, 0.717) is 0 Å². The average molecular weight is 145 g/mol. The van der Waals surface area contributed by atoms with Gasteiger partial charge in [0.2, 0.25) is 0 Å². The molecule has 0 bridgehead atoms. The molecule has 1 aromatic heterocycles. The van der Waals surface area contributed by atoms with E-state index in [4.69, 9.17) is 0 Å². The van der Waals surface area contributed by atoms with Crippen LogP contribution in [0, 0.1) is 6.92 Å². The van der Waals surface area contributed by atoms with Gasteiger partial charge in [-0.25, -0.2) is 0 Å². The number of hydrogen-bond donors (Lipinski definition) is 0. The van der Waals surface area contributed by atoms with E-state index in [1.54, 1.807) is 0 Å². The van der Waals surface area contributed by atoms with Gasteiger partial charge in [-0.2, -0.15) is 0 Å². The highest BCUT2D eigenvalue weighted by molar-refractivity contribution is 5.62. The number of fused-ring (bicyclic) bond motifs is 1. The smallest absolute Gasteiger partial charge is 0.0375 e. The molecule has 1 nitrogen and oxygen atoms in total. The molecule has 0 radical (unpaired) electrons. The van der Waals surface area contributed by atoms with E-state index in [2.05, 4.69) is 24.1 Å². The van der Waals surface area contributed by atoms with Crippen molar-refractivity contribution in [3.8, 4) is 0 Å². The molecule has 2 rings (SSSR count). The van der Waals surface area contributed by atoms with E-state index >= 15 is 0 Å². The Balaban J connectivity index is 2.52. The van der Waals surface area contributed by atoms with Gasteiger partial charge in [-0.3, -0.25) is 4.98 Å². The van der Waals surface area contributed by atoms with Crippen LogP contribution in [0.15, 0.2) is 17.8 Å². The molecule has 0 atom stereocenters. The highest BCUT2D eigenvalue weighted by Gasteiger charge is 2.08. The Morgan fingerprint density at radius 2 is 2.18 bits per heavy atom. The van der Waals surface area contributed by atoms with Crippen LogP contribution in [0.25, 0.3) is 6.08 Å². The third-order valence-electron chi connectivity index (χ3n) is 2.03. The van der Waals surface area contributed by atoms with Crippen LogP contribution >= 0.6 is 0 Å². The van der Waals surface area contributed by atoms with Gasteiger partial charge in [0, 0.05) is 11.9 Å². The number of rotatable bonds is 0. The first-order chi connectivity index (χ1) is 5.25. The normalized spacial score (nSPS) is 14.5. The molecule has 1 heterocycles. The van der Waals surface area contributed by atoms with Crippen LogP contribution in [0.4, 0.5) is 0 Å². The fourth-order valence-electron chi connectivity index (χ4n) is 1.53. The summed E-state index contributed by atoms with van der Waals surface area (Å²) in [4.78, 5) is 4.24. The first-order valence-corrected chi connectivity index (χ1v) is 3.88. The molecule has 0 spiro atoms. The molecule has 0 amide bonds. The van der Waals surface area contributed by atoms with Crippen LogP contribution in [-0.4, -0.2) is 4.98 Å². The maximum absolute atomic E-state index is 4.24. The predicted molar refractivity (Wildman–Crippen MR) is 46.3 cm³/mol. The van der Waals surface area contributed by atoms with Crippen LogP contribution in [0.1, 0.15) is 23.7 Å². The Labute approximate surface area is 66.8 Å². The van der Waals surface area contributed by atoms with Gasteiger partial charge >= 0.3 is 0 Å². The summed E-state index contributed by atoms with van der Waals surface area (Å²) in [6.07, 6.45) is 5.28. The third kappa shape index (κ3) is 1.07. The van der Waals surface area contributed by atoms with Crippen molar-refractivity contribution in [3.63, 3.8) is 0 Å². The lowest BCUT2D eigenvalue weighted by Gasteiger charge is -1.97. The van der Waals surface area contributed by atoms with Crippen LogP contribution in [0.2, 0.25) is 0 Å². The molecule has 11 heavy (non-hydrogen) atoms. The Morgan fingerprint density at radius 1 is 1.36 bits per heavy atom. The molecule has 0 aliphatic heterocycles. The third-order valence-corrected chi connectivity index (χ3v) is 2.03. The zero-order valence-corrected chi connectivity index (χ0v) is 6.89. The molecule has 0 unspecified atom stereocenters. The lowest BCUT2D eigenvalue weighted by Crippen LogP contribution is -1.87. The molecule has 0 aromatic carbocycles. The number of hydrogen-bond acceptors (Lipinski definition) is 1. The largest absolute Gasteiger partial charge is 0.261 e. The lowest BCUT2D eigenvalue weighted by molar-refractivity contribution is 1.13. The van der Waals surface area contributed by atoms with E-state index in [0.717, 1.165) is 12.1 Å². The van der Waals surface area contributed by atoms with Crippen LogP contribution in [0.5, 0.6) is 0 Å². The molecular formula is C10H11N. The summed E-state index contributed by atoms with van der Waals surface area (Å²) < 4.78 is 0. The molecule has 0 N–H and O–H groups in total. The molecule has 0 saturated carbocycles. The van der Waals surface area contributed by atoms with Gasteiger partial charge in [-0.15, -0.1) is 0 Å². The van der Waals surface area contributed by atoms with Crippen molar-refractivity contribution in [2.75, 3.05) is 0 Å². The number of nitrogens with zero attached hydrogens (tertiary/aromatic N) is 1. The Kier molecular flexibility index (Phi) is 1.31. The molecular weight excluding hydrogens is 134 g/mol. The molecule has 56 valence electrons. The maximum Gasteiger partial charge on any atom is 0.0375 e. The molecule has 1 aromatic rings. The monoisotopic (exact) mass is 145 g/mol. The standard InChI is InChI=1S/C10H11N/c1-7-3-9-5-8(2)11-6-10(9)4-7/h4-6H,3H2,1-2H3. The summed E-state index contributed by atoms with van der Waals surface area (Å²) >= 11 is 0. The Bertz CT molecular complexity index is 324. The SMILES string of the molecule is CC1=Cc2cnc(C)cc2C1. The first kappa shape index (κ1) is 6.59. The summed E-state index contributed by atoms with van der Waals surface area (Å²) in [5.74, 6) is 0. The van der Waals surface area contributed by atoms with Crippen molar-refractivity contribution < 1.29 is 0 Å². The van der Waals surface area contributed by atoms with Crippen LogP contribution in [-0.2, 0) is 6.42 Å². The van der Waals surface area contributed by atoms with Gasteiger partial charge in [0.25, 0.3) is 0 Å². The summed E-state index contributed by atoms with van der Waals surface area (Å²) in [6, 6.07) is 2.17. The van der Waals surface area contributed by atoms with E-state index in [1.165, 1.54) is 16.7 Å². The van der Waals surface area contributed by atoms with Crippen molar-refractivity contribution in [2.45, 2.75) is 20.3 Å². The van der Waals surface area contributed by atoms with Crippen molar-refractivity contribution >= 4 is 6.08 Å². The summed E-state index contributed by atoms with van der Waals surface area (Å²) in [5, 5.41) is 0. The van der Waals surface area contributed by atoms with E-state index in [9.17, 15) is 0 Å². The van der Waals surface area contributed by atoms with Gasteiger partial charge in [0.1, 0.15) is 0 Å². The number of aryl methyl sites for hydroxylation is 1.